The van der Waals surface area contributed by atoms with E-state index in [0.717, 1.165) is 57.2 Å². The Morgan fingerprint density at radius 1 is 1.14 bits per heavy atom. The lowest BCUT2D eigenvalue weighted by atomic mass is 9.67. The van der Waals surface area contributed by atoms with E-state index in [4.69, 9.17) is 0 Å². The fourth-order valence-electron chi connectivity index (χ4n) is 5.01. The van der Waals surface area contributed by atoms with Crippen molar-refractivity contribution in [2.24, 2.45) is 11.3 Å². The number of piperazine rings is 1. The SMILES string of the molecule is Cl.Cl.O=C(N1CCN(c2ccc3nncn3n2)CC1)[C@@]12CCCC[C@H]1CNC2. The number of hydrogen-bond donors (Lipinski definition) is 1. The second-order valence-corrected chi connectivity index (χ2v) is 7.83. The Hall–Kier alpha value is -1.64. The highest BCUT2D eigenvalue weighted by molar-refractivity contribution is 5.85. The van der Waals surface area contributed by atoms with Gasteiger partial charge in [0.1, 0.15) is 12.1 Å². The van der Waals surface area contributed by atoms with Gasteiger partial charge in [0, 0.05) is 32.7 Å². The molecule has 0 radical (unpaired) electrons. The van der Waals surface area contributed by atoms with Crippen molar-refractivity contribution in [3.8, 4) is 0 Å². The lowest BCUT2D eigenvalue weighted by Gasteiger charge is -2.43. The normalized spacial score (nSPS) is 27.1. The third-order valence-electron chi connectivity index (χ3n) is 6.50. The van der Waals surface area contributed by atoms with E-state index in [9.17, 15) is 4.79 Å². The maximum atomic E-state index is 13.4. The summed E-state index contributed by atoms with van der Waals surface area (Å²) in [5.74, 6) is 1.83. The number of aromatic nitrogens is 4. The van der Waals surface area contributed by atoms with Gasteiger partial charge in [-0.05, 0) is 37.4 Å². The fourth-order valence-corrected chi connectivity index (χ4v) is 5.01. The zero-order chi connectivity index (χ0) is 17.6. The molecule has 8 nitrogen and oxygen atoms in total. The van der Waals surface area contributed by atoms with Crippen LogP contribution in [0.1, 0.15) is 25.7 Å². The van der Waals surface area contributed by atoms with Crippen LogP contribution in [0.4, 0.5) is 5.82 Å². The lowest BCUT2D eigenvalue weighted by Crippen LogP contribution is -2.56. The molecule has 1 saturated carbocycles. The van der Waals surface area contributed by atoms with E-state index in [1.807, 2.05) is 12.1 Å². The Bertz CT molecular complexity index is 823. The van der Waals surface area contributed by atoms with E-state index in [1.165, 1.54) is 19.3 Å². The Labute approximate surface area is 176 Å². The molecule has 154 valence electrons. The summed E-state index contributed by atoms with van der Waals surface area (Å²) in [5.41, 5.74) is 0.610. The van der Waals surface area contributed by atoms with Gasteiger partial charge >= 0.3 is 0 Å². The van der Waals surface area contributed by atoms with Gasteiger partial charge in [-0.1, -0.05) is 12.8 Å². The lowest BCUT2D eigenvalue weighted by molar-refractivity contribution is -0.145. The van der Waals surface area contributed by atoms with Crippen molar-refractivity contribution < 1.29 is 4.79 Å². The molecule has 4 heterocycles. The number of hydrogen-bond acceptors (Lipinski definition) is 6. The molecule has 10 heteroatoms. The molecule has 1 aliphatic carbocycles. The summed E-state index contributed by atoms with van der Waals surface area (Å²) in [6.07, 6.45) is 6.32. The summed E-state index contributed by atoms with van der Waals surface area (Å²) in [6.45, 7) is 5.06. The van der Waals surface area contributed by atoms with Gasteiger partial charge in [-0.15, -0.1) is 40.1 Å². The van der Waals surface area contributed by atoms with Crippen LogP contribution in [-0.2, 0) is 4.79 Å². The van der Waals surface area contributed by atoms with Gasteiger partial charge in [0.15, 0.2) is 5.65 Å². The van der Waals surface area contributed by atoms with Crippen molar-refractivity contribution in [3.63, 3.8) is 0 Å². The van der Waals surface area contributed by atoms with Crippen LogP contribution in [0.2, 0.25) is 0 Å². The molecule has 0 unspecified atom stereocenters. The Morgan fingerprint density at radius 3 is 2.79 bits per heavy atom. The number of carbonyl (C=O) groups excluding carboxylic acids is 1. The smallest absolute Gasteiger partial charge is 0.230 e. The van der Waals surface area contributed by atoms with E-state index in [1.54, 1.807) is 10.8 Å². The summed E-state index contributed by atoms with van der Waals surface area (Å²) >= 11 is 0. The van der Waals surface area contributed by atoms with Crippen LogP contribution in [0, 0.1) is 11.3 Å². The number of nitrogens with zero attached hydrogens (tertiary/aromatic N) is 6. The molecule has 5 rings (SSSR count). The highest BCUT2D eigenvalue weighted by Crippen LogP contribution is 2.45. The molecule has 2 aromatic rings. The monoisotopic (exact) mass is 427 g/mol. The van der Waals surface area contributed by atoms with Crippen LogP contribution in [0.3, 0.4) is 0 Å². The van der Waals surface area contributed by atoms with Crippen LogP contribution in [0.25, 0.3) is 5.65 Å². The van der Waals surface area contributed by atoms with Crippen molar-refractivity contribution in [1.82, 2.24) is 30.0 Å². The van der Waals surface area contributed by atoms with E-state index in [-0.39, 0.29) is 30.2 Å². The maximum absolute atomic E-state index is 13.4. The van der Waals surface area contributed by atoms with Crippen molar-refractivity contribution in [2.75, 3.05) is 44.2 Å². The topological polar surface area (TPSA) is 78.7 Å². The number of anilines is 1. The number of halogens is 2. The van der Waals surface area contributed by atoms with Gasteiger partial charge in [-0.2, -0.15) is 4.52 Å². The summed E-state index contributed by atoms with van der Waals surface area (Å²) < 4.78 is 1.70. The molecule has 1 amide bonds. The second-order valence-electron chi connectivity index (χ2n) is 7.83. The van der Waals surface area contributed by atoms with E-state index < -0.39 is 0 Å². The van der Waals surface area contributed by atoms with Crippen molar-refractivity contribution in [3.05, 3.63) is 18.5 Å². The predicted octanol–water partition coefficient (Wildman–Crippen LogP) is 1.40. The van der Waals surface area contributed by atoms with Crippen LogP contribution >= 0.6 is 24.8 Å². The highest BCUT2D eigenvalue weighted by atomic mass is 35.5. The summed E-state index contributed by atoms with van der Waals surface area (Å²) in [6, 6.07) is 3.92. The van der Waals surface area contributed by atoms with Crippen molar-refractivity contribution in [1.29, 1.82) is 0 Å². The van der Waals surface area contributed by atoms with Gasteiger partial charge in [0.25, 0.3) is 0 Å². The first kappa shape index (κ1) is 21.1. The van der Waals surface area contributed by atoms with Crippen LogP contribution in [-0.4, -0.2) is 69.9 Å². The second kappa shape index (κ2) is 8.39. The summed E-state index contributed by atoms with van der Waals surface area (Å²) in [5, 5.41) is 15.9. The van der Waals surface area contributed by atoms with Gasteiger partial charge in [-0.3, -0.25) is 4.79 Å². The predicted molar refractivity (Wildman–Crippen MR) is 111 cm³/mol. The van der Waals surface area contributed by atoms with Gasteiger partial charge in [0.05, 0.1) is 5.41 Å². The molecule has 2 aliphatic heterocycles. The maximum Gasteiger partial charge on any atom is 0.230 e. The molecule has 3 aliphatic rings. The molecule has 0 aromatic carbocycles. The summed E-state index contributed by atoms with van der Waals surface area (Å²) in [7, 11) is 0. The number of amides is 1. The molecule has 0 bridgehead atoms. The van der Waals surface area contributed by atoms with Gasteiger partial charge in [-0.25, -0.2) is 0 Å². The average Bonchev–Trinajstić information content (AvgIpc) is 3.34. The first-order chi connectivity index (χ1) is 12.8. The number of fused-ring (bicyclic) bond motifs is 2. The zero-order valence-electron chi connectivity index (χ0n) is 15.8. The number of rotatable bonds is 2. The highest BCUT2D eigenvalue weighted by Gasteiger charge is 2.51. The van der Waals surface area contributed by atoms with Crippen molar-refractivity contribution >= 4 is 42.2 Å². The molecule has 0 spiro atoms. The average molecular weight is 428 g/mol. The minimum absolute atomic E-state index is 0. The molecule has 3 fully saturated rings. The Kier molecular flexibility index (Phi) is 6.31. The fraction of sp³-hybridized carbons (Fsp3) is 0.667. The first-order valence-electron chi connectivity index (χ1n) is 9.68. The third-order valence-corrected chi connectivity index (χ3v) is 6.50. The van der Waals surface area contributed by atoms with Crippen LogP contribution < -0.4 is 10.2 Å². The molecular formula is C18H27Cl2N7O. The minimum atomic E-state index is -0.139. The van der Waals surface area contributed by atoms with E-state index >= 15 is 0 Å². The minimum Gasteiger partial charge on any atom is -0.352 e. The summed E-state index contributed by atoms with van der Waals surface area (Å²) in [4.78, 5) is 17.7. The molecule has 1 N–H and O–H groups in total. The van der Waals surface area contributed by atoms with Gasteiger partial charge < -0.3 is 15.1 Å². The standard InChI is InChI=1S/C18H25N7O.2ClH/c26-17(18-6-2-1-3-14(18)11-19-12-18)24-9-7-23(8-10-24)16-5-4-15-21-20-13-25(15)22-16;;/h4-5,13-14,19H,1-3,6-12H2;2*1H/t14-,18+;;/m0../s1. The molecule has 2 atom stereocenters. The largest absolute Gasteiger partial charge is 0.352 e. The Balaban J connectivity index is 0.00000112. The quantitative estimate of drug-likeness (QED) is 0.779. The number of carbonyl (C=O) groups is 1. The molecule has 2 aromatic heterocycles. The van der Waals surface area contributed by atoms with Crippen molar-refractivity contribution in [2.45, 2.75) is 25.7 Å². The first-order valence-corrected chi connectivity index (χ1v) is 9.68. The molecule has 2 saturated heterocycles. The Morgan fingerprint density at radius 2 is 1.96 bits per heavy atom. The van der Waals surface area contributed by atoms with E-state index in [0.29, 0.717) is 11.8 Å². The third kappa shape index (κ3) is 3.42. The molecule has 28 heavy (non-hydrogen) atoms. The number of nitrogens with one attached hydrogen (secondary N) is 1. The molecular weight excluding hydrogens is 401 g/mol. The zero-order valence-corrected chi connectivity index (χ0v) is 17.4. The van der Waals surface area contributed by atoms with Crippen LogP contribution in [0.5, 0.6) is 0 Å². The van der Waals surface area contributed by atoms with Crippen LogP contribution in [0.15, 0.2) is 18.5 Å². The van der Waals surface area contributed by atoms with E-state index in [2.05, 4.69) is 30.4 Å². The van der Waals surface area contributed by atoms with Gasteiger partial charge in [0.2, 0.25) is 5.91 Å².